The molecule has 3 aromatic rings. The molecule has 0 N–H and O–H groups in total. The quantitative estimate of drug-likeness (QED) is 0.625. The summed E-state index contributed by atoms with van der Waals surface area (Å²) in [7, 11) is 0. The summed E-state index contributed by atoms with van der Waals surface area (Å²) in [6.07, 6.45) is 1.45. The Morgan fingerprint density at radius 2 is 1.93 bits per heavy atom. The van der Waals surface area contributed by atoms with Gasteiger partial charge >= 0.3 is 0 Å². The van der Waals surface area contributed by atoms with Gasteiger partial charge in [0.1, 0.15) is 18.5 Å². The van der Waals surface area contributed by atoms with Gasteiger partial charge in [0.15, 0.2) is 0 Å². The average molecular weight is 406 g/mol. The number of carbonyl (C=O) groups excluding carboxylic acids is 1. The number of benzene rings is 2. The van der Waals surface area contributed by atoms with E-state index >= 15 is 0 Å². The van der Waals surface area contributed by atoms with E-state index in [0.717, 1.165) is 5.56 Å². The molecule has 0 aliphatic carbocycles. The van der Waals surface area contributed by atoms with Crippen LogP contribution in [0.2, 0.25) is 0 Å². The SMILES string of the molecule is O=C(Cc1cccc(F)c1)N1CCO[C@@H](COc2ccccn2)[C@@H]1c1ccccc1. The maximum atomic E-state index is 13.6. The van der Waals surface area contributed by atoms with Crippen LogP contribution in [0.3, 0.4) is 0 Å². The summed E-state index contributed by atoms with van der Waals surface area (Å²) >= 11 is 0. The second kappa shape index (κ2) is 9.50. The van der Waals surface area contributed by atoms with Gasteiger partial charge < -0.3 is 14.4 Å². The van der Waals surface area contributed by atoms with Crippen molar-refractivity contribution in [3.8, 4) is 5.88 Å². The van der Waals surface area contributed by atoms with E-state index in [1.807, 2.05) is 47.4 Å². The summed E-state index contributed by atoms with van der Waals surface area (Å²) < 4.78 is 25.4. The number of morpholine rings is 1. The van der Waals surface area contributed by atoms with Gasteiger partial charge in [-0.25, -0.2) is 9.37 Å². The van der Waals surface area contributed by atoms with E-state index in [1.165, 1.54) is 12.1 Å². The molecule has 6 heteroatoms. The van der Waals surface area contributed by atoms with Crippen LogP contribution in [0.1, 0.15) is 17.2 Å². The fraction of sp³-hybridized carbons (Fsp3) is 0.250. The minimum absolute atomic E-state index is 0.0689. The lowest BCUT2D eigenvalue weighted by Gasteiger charge is -2.41. The van der Waals surface area contributed by atoms with Crippen molar-refractivity contribution < 1.29 is 18.7 Å². The molecule has 30 heavy (non-hydrogen) atoms. The van der Waals surface area contributed by atoms with Crippen LogP contribution in [-0.4, -0.2) is 41.7 Å². The van der Waals surface area contributed by atoms with Gasteiger partial charge in [-0.1, -0.05) is 48.5 Å². The molecule has 0 spiro atoms. The molecule has 0 bridgehead atoms. The van der Waals surface area contributed by atoms with E-state index in [9.17, 15) is 9.18 Å². The first-order valence-corrected chi connectivity index (χ1v) is 9.95. The molecule has 1 amide bonds. The van der Waals surface area contributed by atoms with Crippen LogP contribution in [0, 0.1) is 5.82 Å². The van der Waals surface area contributed by atoms with Crippen LogP contribution < -0.4 is 4.74 Å². The molecular weight excluding hydrogens is 383 g/mol. The Morgan fingerprint density at radius 3 is 2.70 bits per heavy atom. The number of hydrogen-bond acceptors (Lipinski definition) is 4. The summed E-state index contributed by atoms with van der Waals surface area (Å²) in [5.74, 6) is 0.0974. The van der Waals surface area contributed by atoms with Gasteiger partial charge in [-0.3, -0.25) is 4.79 Å². The van der Waals surface area contributed by atoms with E-state index < -0.39 is 0 Å². The number of rotatable bonds is 6. The van der Waals surface area contributed by atoms with Gasteiger partial charge in [0.2, 0.25) is 11.8 Å². The molecule has 0 radical (unpaired) electrons. The topological polar surface area (TPSA) is 51.7 Å². The molecule has 2 atom stereocenters. The Balaban J connectivity index is 1.55. The van der Waals surface area contributed by atoms with Gasteiger partial charge in [-0.2, -0.15) is 0 Å². The Kier molecular flexibility index (Phi) is 6.35. The fourth-order valence-corrected chi connectivity index (χ4v) is 3.72. The molecule has 1 saturated heterocycles. The van der Waals surface area contributed by atoms with Crippen LogP contribution in [0.25, 0.3) is 0 Å². The number of aromatic nitrogens is 1. The van der Waals surface area contributed by atoms with Gasteiger partial charge in [0.25, 0.3) is 0 Å². The standard InChI is InChI=1S/C24H23FN2O3/c25-20-10-6-7-18(15-20)16-23(28)27-13-14-29-21(17-30-22-11-4-5-12-26-22)24(27)19-8-2-1-3-9-19/h1-12,15,21,24H,13-14,16-17H2/t21-,24-/m0/s1. The summed E-state index contributed by atoms with van der Waals surface area (Å²) in [4.78, 5) is 19.2. The fourth-order valence-electron chi connectivity index (χ4n) is 3.72. The largest absolute Gasteiger partial charge is 0.475 e. The Bertz CT molecular complexity index is 968. The van der Waals surface area contributed by atoms with Crippen LogP contribution in [0.5, 0.6) is 5.88 Å². The molecule has 4 rings (SSSR count). The third kappa shape index (κ3) is 4.83. The summed E-state index contributed by atoms with van der Waals surface area (Å²) in [5.41, 5.74) is 1.62. The maximum absolute atomic E-state index is 13.6. The number of nitrogens with zero attached hydrogens (tertiary/aromatic N) is 2. The second-order valence-electron chi connectivity index (χ2n) is 7.14. The predicted octanol–water partition coefficient (Wildman–Crippen LogP) is 3.81. The summed E-state index contributed by atoms with van der Waals surface area (Å²) in [5, 5.41) is 0. The molecule has 154 valence electrons. The predicted molar refractivity (Wildman–Crippen MR) is 110 cm³/mol. The normalized spacial score (nSPS) is 18.8. The highest BCUT2D eigenvalue weighted by molar-refractivity contribution is 5.79. The molecule has 1 fully saturated rings. The highest BCUT2D eigenvalue weighted by Gasteiger charge is 2.36. The van der Waals surface area contributed by atoms with E-state index in [2.05, 4.69) is 4.98 Å². The number of amides is 1. The van der Waals surface area contributed by atoms with Gasteiger partial charge in [-0.15, -0.1) is 0 Å². The Morgan fingerprint density at radius 1 is 1.10 bits per heavy atom. The highest BCUT2D eigenvalue weighted by atomic mass is 19.1. The first kappa shape index (κ1) is 20.0. The zero-order valence-corrected chi connectivity index (χ0v) is 16.5. The molecule has 0 unspecified atom stereocenters. The molecule has 1 aliphatic rings. The molecule has 2 heterocycles. The summed E-state index contributed by atoms with van der Waals surface area (Å²) in [6, 6.07) is 21.1. The van der Waals surface area contributed by atoms with Crippen LogP contribution >= 0.6 is 0 Å². The van der Waals surface area contributed by atoms with E-state index in [1.54, 1.807) is 24.4 Å². The zero-order valence-electron chi connectivity index (χ0n) is 16.5. The van der Waals surface area contributed by atoms with Crippen LogP contribution in [0.4, 0.5) is 4.39 Å². The van der Waals surface area contributed by atoms with Crippen molar-refractivity contribution in [3.63, 3.8) is 0 Å². The lowest BCUT2D eigenvalue weighted by molar-refractivity contribution is -0.148. The lowest BCUT2D eigenvalue weighted by Crippen LogP contribution is -2.50. The van der Waals surface area contributed by atoms with Gasteiger partial charge in [0, 0.05) is 18.8 Å². The number of pyridine rings is 1. The maximum Gasteiger partial charge on any atom is 0.227 e. The second-order valence-corrected chi connectivity index (χ2v) is 7.14. The molecule has 1 aromatic heterocycles. The van der Waals surface area contributed by atoms with E-state index in [-0.39, 0.29) is 36.9 Å². The third-order valence-electron chi connectivity index (χ3n) is 5.09. The minimum Gasteiger partial charge on any atom is -0.475 e. The van der Waals surface area contributed by atoms with Crippen molar-refractivity contribution in [3.05, 3.63) is 95.9 Å². The van der Waals surface area contributed by atoms with E-state index in [4.69, 9.17) is 9.47 Å². The van der Waals surface area contributed by atoms with Gasteiger partial charge in [-0.05, 0) is 29.3 Å². The average Bonchev–Trinajstić information content (AvgIpc) is 2.78. The number of carbonyl (C=O) groups is 1. The molecular formula is C24H23FN2O3. The van der Waals surface area contributed by atoms with Crippen molar-refractivity contribution in [2.75, 3.05) is 19.8 Å². The number of hydrogen-bond donors (Lipinski definition) is 0. The van der Waals surface area contributed by atoms with Crippen molar-refractivity contribution in [2.24, 2.45) is 0 Å². The third-order valence-corrected chi connectivity index (χ3v) is 5.09. The number of ether oxygens (including phenoxy) is 2. The molecule has 2 aromatic carbocycles. The van der Waals surface area contributed by atoms with Crippen LogP contribution in [0.15, 0.2) is 79.0 Å². The Hall–Kier alpha value is -3.25. The lowest BCUT2D eigenvalue weighted by atomic mass is 9.97. The first-order valence-electron chi connectivity index (χ1n) is 9.95. The zero-order chi connectivity index (χ0) is 20.8. The van der Waals surface area contributed by atoms with E-state index in [0.29, 0.717) is 24.6 Å². The summed E-state index contributed by atoms with van der Waals surface area (Å²) in [6.45, 7) is 1.14. The van der Waals surface area contributed by atoms with Crippen LogP contribution in [-0.2, 0) is 16.0 Å². The molecule has 0 saturated carbocycles. The van der Waals surface area contributed by atoms with Crippen molar-refractivity contribution in [1.29, 1.82) is 0 Å². The minimum atomic E-state index is -0.348. The molecule has 5 nitrogen and oxygen atoms in total. The monoisotopic (exact) mass is 406 g/mol. The number of halogens is 1. The molecule has 1 aliphatic heterocycles. The smallest absolute Gasteiger partial charge is 0.227 e. The highest BCUT2D eigenvalue weighted by Crippen LogP contribution is 2.30. The van der Waals surface area contributed by atoms with Crippen molar-refractivity contribution >= 4 is 5.91 Å². The van der Waals surface area contributed by atoms with Crippen molar-refractivity contribution in [2.45, 2.75) is 18.6 Å². The Labute approximate surface area is 175 Å². The van der Waals surface area contributed by atoms with Crippen molar-refractivity contribution in [1.82, 2.24) is 9.88 Å². The van der Waals surface area contributed by atoms with Gasteiger partial charge in [0.05, 0.1) is 19.1 Å². The first-order chi connectivity index (χ1) is 14.7.